The van der Waals surface area contributed by atoms with E-state index in [2.05, 4.69) is 0 Å². The van der Waals surface area contributed by atoms with Gasteiger partial charge in [0.1, 0.15) is 0 Å². The predicted octanol–water partition coefficient (Wildman–Crippen LogP) is 1.98. The van der Waals surface area contributed by atoms with E-state index in [0.29, 0.717) is 6.16 Å². The largest absolute Gasteiger partial charge is 0.328 e. The predicted molar refractivity (Wildman–Crippen MR) is 33.3 cm³/mol. The molecule has 0 aliphatic rings. The second kappa shape index (κ2) is 4.01. The van der Waals surface area contributed by atoms with Crippen molar-refractivity contribution < 1.29 is 4.57 Å². The second-order valence-electron chi connectivity index (χ2n) is 1.63. The van der Waals surface area contributed by atoms with Crippen LogP contribution < -0.4 is 0 Å². The maximum Gasteiger partial charge on any atom is 0.328 e. The first kappa shape index (κ1) is 6.84. The number of hydrogen-bond donors (Lipinski definition) is 0. The van der Waals surface area contributed by atoms with Crippen molar-refractivity contribution in [3.63, 3.8) is 0 Å². The lowest BCUT2D eigenvalue weighted by Crippen LogP contribution is -1.63. The molecular weight excluding hydrogens is 107 g/mol. The summed E-state index contributed by atoms with van der Waals surface area (Å²) in [6, 6.07) is 0. The number of rotatable bonds is 2. The standard InChI is InChI=1S/C5H9OP/c1-5(2)3-4-7-6/h3H,4H2,1-2H3/p+1. The Hall–Kier alpha value is -0.160. The Morgan fingerprint density at radius 3 is 2.43 bits per heavy atom. The van der Waals surface area contributed by atoms with E-state index in [1.54, 1.807) is 0 Å². The van der Waals surface area contributed by atoms with Gasteiger partial charge in [0.25, 0.3) is 0 Å². The first-order chi connectivity index (χ1) is 3.27. The Bertz CT molecular complexity index is 82.1. The van der Waals surface area contributed by atoms with Crippen LogP contribution in [0.2, 0.25) is 0 Å². The van der Waals surface area contributed by atoms with E-state index >= 15 is 0 Å². The zero-order valence-electron chi connectivity index (χ0n) is 4.69. The van der Waals surface area contributed by atoms with Crippen LogP contribution in [0, 0.1) is 0 Å². The average Bonchev–Trinajstić information content (AvgIpc) is 1.61. The van der Waals surface area contributed by atoms with Gasteiger partial charge in [-0.2, -0.15) is 0 Å². The summed E-state index contributed by atoms with van der Waals surface area (Å²) in [7, 11) is -0.176. The lowest BCUT2D eigenvalue weighted by Gasteiger charge is -1.75. The molecule has 0 saturated heterocycles. The first-order valence-electron chi connectivity index (χ1n) is 2.25. The highest BCUT2D eigenvalue weighted by Crippen LogP contribution is 1.95. The van der Waals surface area contributed by atoms with Gasteiger partial charge in [0.2, 0.25) is 0 Å². The minimum atomic E-state index is -0.176. The maximum atomic E-state index is 9.82. The molecule has 0 radical (unpaired) electrons. The van der Waals surface area contributed by atoms with Crippen molar-refractivity contribution in [1.29, 1.82) is 0 Å². The molecule has 2 heteroatoms. The Morgan fingerprint density at radius 2 is 2.29 bits per heavy atom. The average molecular weight is 117 g/mol. The molecule has 1 atom stereocenters. The molecule has 0 aliphatic heterocycles. The molecule has 0 N–H and O–H groups in total. The third-order valence-corrected chi connectivity index (χ3v) is 0.964. The fourth-order valence-corrected chi connectivity index (χ4v) is 0.737. The normalized spacial score (nSPS) is 8.86. The highest BCUT2D eigenvalue weighted by atomic mass is 31.1. The topological polar surface area (TPSA) is 17.1 Å². The van der Waals surface area contributed by atoms with E-state index in [-0.39, 0.29) is 8.46 Å². The second-order valence-corrected chi connectivity index (χ2v) is 2.33. The van der Waals surface area contributed by atoms with Crippen molar-refractivity contribution in [2.24, 2.45) is 0 Å². The third kappa shape index (κ3) is 5.84. The van der Waals surface area contributed by atoms with Crippen molar-refractivity contribution >= 4 is 8.46 Å². The van der Waals surface area contributed by atoms with Crippen molar-refractivity contribution in [3.05, 3.63) is 11.6 Å². The van der Waals surface area contributed by atoms with Crippen LogP contribution in [-0.2, 0) is 4.57 Å². The van der Waals surface area contributed by atoms with Crippen LogP contribution in [0.25, 0.3) is 0 Å². The van der Waals surface area contributed by atoms with Crippen molar-refractivity contribution in [3.8, 4) is 0 Å². The van der Waals surface area contributed by atoms with E-state index in [0.717, 1.165) is 0 Å². The molecule has 40 valence electrons. The molecule has 0 saturated carbocycles. The lowest BCUT2D eigenvalue weighted by atomic mass is 10.3. The van der Waals surface area contributed by atoms with Gasteiger partial charge >= 0.3 is 8.46 Å². The molecule has 0 aromatic heterocycles. The van der Waals surface area contributed by atoms with Gasteiger partial charge in [0.15, 0.2) is 6.16 Å². The smallest absolute Gasteiger partial charge is 0.0771 e. The molecule has 0 amide bonds. The van der Waals surface area contributed by atoms with Crippen molar-refractivity contribution in [1.82, 2.24) is 0 Å². The molecule has 0 rings (SSSR count). The van der Waals surface area contributed by atoms with Gasteiger partial charge in [-0.15, -0.1) is 0 Å². The van der Waals surface area contributed by atoms with Gasteiger partial charge in [-0.3, -0.25) is 0 Å². The van der Waals surface area contributed by atoms with Crippen molar-refractivity contribution in [2.75, 3.05) is 6.16 Å². The van der Waals surface area contributed by atoms with Crippen LogP contribution in [-0.4, -0.2) is 6.16 Å². The zero-order chi connectivity index (χ0) is 5.70. The van der Waals surface area contributed by atoms with E-state index in [1.807, 2.05) is 19.9 Å². The molecule has 0 spiro atoms. The number of hydrogen-bond acceptors (Lipinski definition) is 1. The summed E-state index contributed by atoms with van der Waals surface area (Å²) in [5.41, 5.74) is 1.24. The summed E-state index contributed by atoms with van der Waals surface area (Å²) < 4.78 is 9.82. The first-order valence-corrected chi connectivity index (χ1v) is 3.37. The van der Waals surface area contributed by atoms with Crippen LogP contribution in [0.5, 0.6) is 0 Å². The van der Waals surface area contributed by atoms with E-state index in [1.165, 1.54) is 5.57 Å². The minimum Gasteiger partial charge on any atom is -0.0771 e. The Labute approximate surface area is 45.6 Å². The summed E-state index contributed by atoms with van der Waals surface area (Å²) in [6.07, 6.45) is 2.67. The summed E-state index contributed by atoms with van der Waals surface area (Å²) in [4.78, 5) is 0. The molecule has 7 heavy (non-hydrogen) atoms. The SMILES string of the molecule is CC(C)=CC[PH+]=O. The van der Waals surface area contributed by atoms with E-state index in [4.69, 9.17) is 0 Å². The molecule has 0 heterocycles. The van der Waals surface area contributed by atoms with Crippen molar-refractivity contribution in [2.45, 2.75) is 13.8 Å². The molecule has 0 aliphatic carbocycles. The molecular formula is C5H10OP+. The summed E-state index contributed by atoms with van der Waals surface area (Å²) in [6.45, 7) is 4.00. The number of allylic oxidation sites excluding steroid dienone is 2. The molecule has 0 aromatic carbocycles. The van der Waals surface area contributed by atoms with Crippen LogP contribution >= 0.6 is 8.46 Å². The molecule has 1 nitrogen and oxygen atoms in total. The van der Waals surface area contributed by atoms with Crippen LogP contribution in [0.4, 0.5) is 0 Å². The maximum absolute atomic E-state index is 9.82. The highest BCUT2D eigenvalue weighted by molar-refractivity contribution is 7.23. The summed E-state index contributed by atoms with van der Waals surface area (Å²) in [5.74, 6) is 0. The zero-order valence-corrected chi connectivity index (χ0v) is 5.69. The molecule has 0 bridgehead atoms. The Kier molecular flexibility index (Phi) is 3.92. The van der Waals surface area contributed by atoms with E-state index < -0.39 is 0 Å². The van der Waals surface area contributed by atoms with Crippen LogP contribution in [0.15, 0.2) is 11.6 Å². The Morgan fingerprint density at radius 1 is 1.71 bits per heavy atom. The quantitative estimate of drug-likeness (QED) is 0.399. The Balaban J connectivity index is 3.25. The van der Waals surface area contributed by atoms with Gasteiger partial charge in [0.05, 0.1) is 0 Å². The van der Waals surface area contributed by atoms with Crippen LogP contribution in [0.1, 0.15) is 13.8 Å². The van der Waals surface area contributed by atoms with Gasteiger partial charge in [-0.25, -0.2) is 0 Å². The highest BCUT2D eigenvalue weighted by Gasteiger charge is 1.81. The summed E-state index contributed by atoms with van der Waals surface area (Å²) >= 11 is 0. The van der Waals surface area contributed by atoms with E-state index in [9.17, 15) is 4.57 Å². The van der Waals surface area contributed by atoms with Gasteiger partial charge in [0, 0.05) is 0 Å². The van der Waals surface area contributed by atoms with Gasteiger partial charge < -0.3 is 0 Å². The third-order valence-electron chi connectivity index (χ3n) is 0.594. The summed E-state index contributed by atoms with van der Waals surface area (Å²) in [5, 5.41) is 0. The van der Waals surface area contributed by atoms with Gasteiger partial charge in [-0.1, -0.05) is 10.1 Å². The minimum absolute atomic E-state index is 0.176. The molecule has 0 fully saturated rings. The molecule has 0 aromatic rings. The van der Waals surface area contributed by atoms with Gasteiger partial charge in [-0.05, 0) is 19.9 Å². The lowest BCUT2D eigenvalue weighted by molar-refractivity contribution is 0.600. The van der Waals surface area contributed by atoms with Crippen LogP contribution in [0.3, 0.4) is 0 Å². The fraction of sp³-hybridized carbons (Fsp3) is 0.600. The monoisotopic (exact) mass is 117 g/mol. The fourth-order valence-electron chi connectivity index (χ4n) is 0.246. The molecule has 1 unspecified atom stereocenters.